The molecule has 0 spiro atoms. The van der Waals surface area contributed by atoms with Crippen molar-refractivity contribution in [3.05, 3.63) is 46.5 Å². The fourth-order valence-corrected chi connectivity index (χ4v) is 1.62. The molecule has 0 saturated carbocycles. The van der Waals surface area contributed by atoms with Gasteiger partial charge in [-0.05, 0) is 17.7 Å². The van der Waals surface area contributed by atoms with Gasteiger partial charge in [0.2, 0.25) is 0 Å². The predicted octanol–water partition coefficient (Wildman–Crippen LogP) is 1.87. The van der Waals surface area contributed by atoms with Gasteiger partial charge in [0.05, 0.1) is 6.20 Å². The van der Waals surface area contributed by atoms with Crippen molar-refractivity contribution < 1.29 is 9.50 Å². The fourth-order valence-electron chi connectivity index (χ4n) is 1.37. The Hall–Kier alpha value is -1.46. The van der Waals surface area contributed by atoms with Gasteiger partial charge >= 0.3 is 0 Å². The van der Waals surface area contributed by atoms with Gasteiger partial charge in [0, 0.05) is 11.4 Å². The zero-order valence-corrected chi connectivity index (χ0v) is 8.95. The average molecular weight is 242 g/mol. The van der Waals surface area contributed by atoms with Crippen molar-refractivity contribution in [3.63, 3.8) is 0 Å². The van der Waals surface area contributed by atoms with Crippen LogP contribution in [0.3, 0.4) is 0 Å². The van der Waals surface area contributed by atoms with Crippen LogP contribution in [0.1, 0.15) is 17.4 Å². The smallest absolute Gasteiger partial charge is 0.124 e. The van der Waals surface area contributed by atoms with Crippen LogP contribution in [-0.2, 0) is 6.42 Å². The molecule has 1 aromatic carbocycles. The number of H-pyrrole nitrogens is 1. The van der Waals surface area contributed by atoms with Crippen LogP contribution in [0.2, 0.25) is 5.02 Å². The number of aliphatic hydroxyl groups is 1. The molecule has 2 aromatic rings. The summed E-state index contributed by atoms with van der Waals surface area (Å²) in [6, 6.07) is 4.06. The van der Waals surface area contributed by atoms with E-state index in [1.54, 1.807) is 6.07 Å². The zero-order valence-electron chi connectivity index (χ0n) is 8.19. The van der Waals surface area contributed by atoms with Crippen molar-refractivity contribution in [1.29, 1.82) is 0 Å². The summed E-state index contributed by atoms with van der Waals surface area (Å²) in [5.74, 6) is -0.398. The summed E-state index contributed by atoms with van der Waals surface area (Å²) in [6.07, 6.45) is 0.898. The average Bonchev–Trinajstić information content (AvgIpc) is 2.75. The molecule has 0 fully saturated rings. The van der Waals surface area contributed by atoms with Crippen LogP contribution in [0.15, 0.2) is 24.4 Å². The number of aromatic nitrogens is 3. The van der Waals surface area contributed by atoms with E-state index in [2.05, 4.69) is 15.4 Å². The van der Waals surface area contributed by atoms with E-state index in [4.69, 9.17) is 11.6 Å². The Labute approximate surface area is 96.1 Å². The number of halogens is 2. The van der Waals surface area contributed by atoms with Gasteiger partial charge in [0.1, 0.15) is 17.6 Å². The van der Waals surface area contributed by atoms with Gasteiger partial charge in [-0.3, -0.25) is 0 Å². The molecule has 1 aromatic heterocycles. The van der Waals surface area contributed by atoms with Crippen molar-refractivity contribution in [2.24, 2.45) is 0 Å². The van der Waals surface area contributed by atoms with E-state index < -0.39 is 11.9 Å². The Balaban J connectivity index is 2.15. The number of benzene rings is 1. The molecule has 0 bridgehead atoms. The second-order valence-corrected chi connectivity index (χ2v) is 3.76. The van der Waals surface area contributed by atoms with Crippen LogP contribution in [-0.4, -0.2) is 20.5 Å². The summed E-state index contributed by atoms with van der Waals surface area (Å²) in [5, 5.41) is 19.8. The summed E-state index contributed by atoms with van der Waals surface area (Å²) >= 11 is 5.84. The third kappa shape index (κ3) is 2.37. The molecule has 0 radical (unpaired) electrons. The predicted molar refractivity (Wildman–Crippen MR) is 56.5 cm³/mol. The summed E-state index contributed by atoms with van der Waals surface area (Å²) < 4.78 is 12.8. The van der Waals surface area contributed by atoms with E-state index >= 15 is 0 Å². The van der Waals surface area contributed by atoms with Crippen molar-refractivity contribution in [3.8, 4) is 0 Å². The largest absolute Gasteiger partial charge is 0.386 e. The molecule has 1 unspecified atom stereocenters. The second-order valence-electron chi connectivity index (χ2n) is 3.35. The molecule has 84 valence electrons. The maximum Gasteiger partial charge on any atom is 0.124 e. The number of hydrogen-bond acceptors (Lipinski definition) is 3. The molecule has 0 aliphatic heterocycles. The van der Waals surface area contributed by atoms with Crippen molar-refractivity contribution in [1.82, 2.24) is 15.4 Å². The van der Waals surface area contributed by atoms with E-state index in [0.29, 0.717) is 16.3 Å². The number of aromatic amines is 1. The van der Waals surface area contributed by atoms with Crippen LogP contribution in [0.4, 0.5) is 4.39 Å². The minimum Gasteiger partial charge on any atom is -0.386 e. The third-order valence-corrected chi connectivity index (χ3v) is 2.56. The Morgan fingerprint density at radius 2 is 2.31 bits per heavy atom. The molecule has 4 nitrogen and oxygen atoms in total. The van der Waals surface area contributed by atoms with Gasteiger partial charge in [-0.15, -0.1) is 0 Å². The SMILES string of the molecule is OC(Cc1ccc(F)cc1Cl)c1cn[nH]n1. The maximum absolute atomic E-state index is 12.8. The van der Waals surface area contributed by atoms with Gasteiger partial charge in [0.15, 0.2) is 0 Å². The lowest BCUT2D eigenvalue weighted by atomic mass is 10.1. The molecule has 2 N–H and O–H groups in total. The first-order valence-electron chi connectivity index (χ1n) is 4.64. The highest BCUT2D eigenvalue weighted by atomic mass is 35.5. The number of hydrogen-bond donors (Lipinski definition) is 2. The minimum atomic E-state index is -0.804. The monoisotopic (exact) mass is 241 g/mol. The molecule has 0 aliphatic carbocycles. The highest BCUT2D eigenvalue weighted by molar-refractivity contribution is 6.31. The van der Waals surface area contributed by atoms with Crippen LogP contribution >= 0.6 is 11.6 Å². The molecule has 16 heavy (non-hydrogen) atoms. The topological polar surface area (TPSA) is 61.8 Å². The molecule has 2 rings (SSSR count). The summed E-state index contributed by atoms with van der Waals surface area (Å²) in [7, 11) is 0. The molecule has 0 amide bonds. The van der Waals surface area contributed by atoms with E-state index in [9.17, 15) is 9.50 Å². The fraction of sp³-hybridized carbons (Fsp3) is 0.200. The second kappa shape index (κ2) is 4.59. The number of rotatable bonds is 3. The molecule has 0 aliphatic rings. The lowest BCUT2D eigenvalue weighted by Crippen LogP contribution is -2.03. The van der Waals surface area contributed by atoms with E-state index in [1.165, 1.54) is 18.3 Å². The molecular formula is C10H9ClFN3O. The van der Waals surface area contributed by atoms with Gasteiger partial charge < -0.3 is 5.11 Å². The Bertz CT molecular complexity index is 475. The van der Waals surface area contributed by atoms with Crippen molar-refractivity contribution in [2.75, 3.05) is 0 Å². The van der Waals surface area contributed by atoms with Crippen LogP contribution in [0, 0.1) is 5.82 Å². The number of nitrogens with one attached hydrogen (secondary N) is 1. The van der Waals surface area contributed by atoms with Crippen LogP contribution < -0.4 is 0 Å². The summed E-state index contributed by atoms with van der Waals surface area (Å²) in [6.45, 7) is 0. The van der Waals surface area contributed by atoms with Gasteiger partial charge in [-0.2, -0.15) is 15.4 Å². The highest BCUT2D eigenvalue weighted by Crippen LogP contribution is 2.22. The lowest BCUT2D eigenvalue weighted by Gasteiger charge is -2.08. The first-order chi connectivity index (χ1) is 7.66. The van der Waals surface area contributed by atoms with Crippen molar-refractivity contribution >= 4 is 11.6 Å². The van der Waals surface area contributed by atoms with Crippen molar-refractivity contribution in [2.45, 2.75) is 12.5 Å². The molecular weight excluding hydrogens is 233 g/mol. The Morgan fingerprint density at radius 3 is 2.94 bits per heavy atom. The van der Waals surface area contributed by atoms with E-state index in [1.807, 2.05) is 0 Å². The zero-order chi connectivity index (χ0) is 11.5. The Kier molecular flexibility index (Phi) is 3.17. The highest BCUT2D eigenvalue weighted by Gasteiger charge is 2.13. The molecule has 6 heteroatoms. The Morgan fingerprint density at radius 1 is 1.50 bits per heavy atom. The molecule has 1 heterocycles. The lowest BCUT2D eigenvalue weighted by molar-refractivity contribution is 0.173. The molecule has 1 atom stereocenters. The summed E-state index contributed by atoms with van der Waals surface area (Å²) in [5.41, 5.74) is 1.10. The summed E-state index contributed by atoms with van der Waals surface area (Å²) in [4.78, 5) is 0. The van der Waals surface area contributed by atoms with Gasteiger partial charge in [-0.25, -0.2) is 4.39 Å². The van der Waals surface area contributed by atoms with E-state index in [-0.39, 0.29) is 6.42 Å². The normalized spacial score (nSPS) is 12.7. The first kappa shape index (κ1) is 11.0. The van der Waals surface area contributed by atoms with E-state index in [0.717, 1.165) is 0 Å². The first-order valence-corrected chi connectivity index (χ1v) is 5.02. The maximum atomic E-state index is 12.8. The van der Waals surface area contributed by atoms with Crippen LogP contribution in [0.5, 0.6) is 0 Å². The van der Waals surface area contributed by atoms with Gasteiger partial charge in [-0.1, -0.05) is 17.7 Å². The standard InChI is InChI=1S/C10H9ClFN3O/c11-8-4-7(12)2-1-6(8)3-10(16)9-5-13-15-14-9/h1-2,4-5,10,16H,3H2,(H,13,14,15). The number of nitrogens with zero attached hydrogens (tertiary/aromatic N) is 2. The quantitative estimate of drug-likeness (QED) is 0.863. The minimum absolute atomic E-state index is 0.269. The third-order valence-electron chi connectivity index (χ3n) is 2.20. The van der Waals surface area contributed by atoms with Crippen LogP contribution in [0.25, 0.3) is 0 Å². The molecule has 0 saturated heterocycles. The van der Waals surface area contributed by atoms with Gasteiger partial charge in [0.25, 0.3) is 0 Å². The number of aliphatic hydroxyl groups excluding tert-OH is 1.